The summed E-state index contributed by atoms with van der Waals surface area (Å²) in [6.07, 6.45) is 3.94. The summed E-state index contributed by atoms with van der Waals surface area (Å²) in [4.78, 5) is 14.6. The number of carbonyl (C=O) groups is 1. The smallest absolute Gasteiger partial charge is 0.258 e. The molecule has 1 N–H and O–H groups in total. The van der Waals surface area contributed by atoms with Crippen LogP contribution in [0.5, 0.6) is 5.75 Å². The van der Waals surface area contributed by atoms with Crippen molar-refractivity contribution in [2.24, 2.45) is 0 Å². The molecular formula is C22H28Cl2N2O2. The van der Waals surface area contributed by atoms with Gasteiger partial charge in [-0.05, 0) is 63.5 Å². The predicted octanol–water partition coefficient (Wildman–Crippen LogP) is 4.66. The number of nitrogens with one attached hydrogen (secondary N) is 1. The molecule has 0 bridgehead atoms. The van der Waals surface area contributed by atoms with Crippen molar-refractivity contribution in [3.05, 3.63) is 65.2 Å². The molecule has 0 spiro atoms. The van der Waals surface area contributed by atoms with Crippen LogP contribution >= 0.6 is 24.0 Å². The van der Waals surface area contributed by atoms with Crippen LogP contribution in [0.3, 0.4) is 0 Å². The Morgan fingerprint density at radius 1 is 1.14 bits per heavy atom. The molecule has 0 atom stereocenters. The van der Waals surface area contributed by atoms with Crippen molar-refractivity contribution in [1.82, 2.24) is 10.2 Å². The SMILES string of the molecule is CN(C)C1(c2ccccc2)CCC(NC(=O)COc2cccc(Cl)c2)CC1.Cl. The van der Waals surface area contributed by atoms with Crippen LogP contribution in [0.25, 0.3) is 0 Å². The lowest BCUT2D eigenvalue weighted by atomic mass is 9.74. The molecule has 0 aliphatic heterocycles. The molecule has 0 unspecified atom stereocenters. The van der Waals surface area contributed by atoms with Crippen molar-refractivity contribution in [2.75, 3.05) is 20.7 Å². The summed E-state index contributed by atoms with van der Waals surface area (Å²) >= 11 is 5.93. The number of halogens is 2. The minimum absolute atomic E-state index is 0. The molecule has 1 aliphatic rings. The quantitative estimate of drug-likeness (QED) is 0.735. The fraction of sp³-hybridized carbons (Fsp3) is 0.409. The molecule has 2 aromatic rings. The average Bonchev–Trinajstić information content (AvgIpc) is 2.68. The molecular weight excluding hydrogens is 395 g/mol. The summed E-state index contributed by atoms with van der Waals surface area (Å²) in [7, 11) is 4.29. The molecule has 2 aromatic carbocycles. The largest absolute Gasteiger partial charge is 0.484 e. The Balaban J connectivity index is 0.00000280. The zero-order valence-electron chi connectivity index (χ0n) is 16.4. The highest BCUT2D eigenvalue weighted by molar-refractivity contribution is 6.30. The third kappa shape index (κ3) is 5.40. The van der Waals surface area contributed by atoms with Crippen molar-refractivity contribution >= 4 is 29.9 Å². The summed E-state index contributed by atoms with van der Waals surface area (Å²) in [5.74, 6) is 0.522. The molecule has 28 heavy (non-hydrogen) atoms. The van der Waals surface area contributed by atoms with Crippen LogP contribution in [0.1, 0.15) is 31.2 Å². The van der Waals surface area contributed by atoms with Crippen LogP contribution in [0.2, 0.25) is 5.02 Å². The normalized spacial score (nSPS) is 21.6. The van der Waals surface area contributed by atoms with E-state index in [0.29, 0.717) is 10.8 Å². The molecule has 3 rings (SSSR count). The molecule has 1 fully saturated rings. The monoisotopic (exact) mass is 422 g/mol. The van der Waals surface area contributed by atoms with Crippen molar-refractivity contribution in [2.45, 2.75) is 37.3 Å². The molecule has 1 aliphatic carbocycles. The minimum Gasteiger partial charge on any atom is -0.484 e. The Hall–Kier alpha value is -1.75. The van der Waals surface area contributed by atoms with Crippen LogP contribution in [-0.4, -0.2) is 37.6 Å². The summed E-state index contributed by atoms with van der Waals surface area (Å²) in [5.41, 5.74) is 1.39. The highest BCUT2D eigenvalue weighted by atomic mass is 35.5. The van der Waals surface area contributed by atoms with Gasteiger partial charge in [0.25, 0.3) is 5.91 Å². The minimum atomic E-state index is -0.0861. The first-order valence-corrected chi connectivity index (χ1v) is 9.78. The number of hydrogen-bond acceptors (Lipinski definition) is 3. The maximum absolute atomic E-state index is 12.3. The van der Waals surface area contributed by atoms with Gasteiger partial charge in [-0.1, -0.05) is 48.0 Å². The van der Waals surface area contributed by atoms with Crippen molar-refractivity contribution < 1.29 is 9.53 Å². The van der Waals surface area contributed by atoms with E-state index in [0.717, 1.165) is 25.7 Å². The van der Waals surface area contributed by atoms with Crippen LogP contribution < -0.4 is 10.1 Å². The Morgan fingerprint density at radius 3 is 2.43 bits per heavy atom. The lowest BCUT2D eigenvalue weighted by Crippen LogP contribution is -2.49. The molecule has 6 heteroatoms. The van der Waals surface area contributed by atoms with E-state index < -0.39 is 0 Å². The van der Waals surface area contributed by atoms with Gasteiger partial charge in [0.15, 0.2) is 6.61 Å². The van der Waals surface area contributed by atoms with E-state index in [9.17, 15) is 4.79 Å². The summed E-state index contributed by atoms with van der Waals surface area (Å²) in [5, 5.41) is 3.71. The van der Waals surface area contributed by atoms with Crippen LogP contribution in [0.15, 0.2) is 54.6 Å². The second kappa shape index (κ2) is 10.1. The first-order chi connectivity index (χ1) is 13.0. The van der Waals surface area contributed by atoms with E-state index in [2.05, 4.69) is 54.6 Å². The Morgan fingerprint density at radius 2 is 1.82 bits per heavy atom. The first-order valence-electron chi connectivity index (χ1n) is 9.40. The highest BCUT2D eigenvalue weighted by Gasteiger charge is 2.38. The number of benzene rings is 2. The van der Waals surface area contributed by atoms with E-state index in [4.69, 9.17) is 16.3 Å². The topological polar surface area (TPSA) is 41.6 Å². The van der Waals surface area contributed by atoms with Gasteiger partial charge in [-0.2, -0.15) is 0 Å². The molecule has 0 aromatic heterocycles. The average molecular weight is 423 g/mol. The van der Waals surface area contributed by atoms with Gasteiger partial charge in [0, 0.05) is 16.6 Å². The van der Waals surface area contributed by atoms with Crippen LogP contribution in [-0.2, 0) is 10.3 Å². The van der Waals surface area contributed by atoms with E-state index >= 15 is 0 Å². The Labute approximate surface area is 178 Å². The van der Waals surface area contributed by atoms with Gasteiger partial charge in [-0.3, -0.25) is 9.69 Å². The van der Waals surface area contributed by atoms with Crippen molar-refractivity contribution in [3.63, 3.8) is 0 Å². The van der Waals surface area contributed by atoms with E-state index in [1.807, 2.05) is 0 Å². The van der Waals surface area contributed by atoms with Gasteiger partial charge >= 0.3 is 0 Å². The highest BCUT2D eigenvalue weighted by Crippen LogP contribution is 2.40. The van der Waals surface area contributed by atoms with Gasteiger partial charge in [-0.25, -0.2) is 0 Å². The van der Waals surface area contributed by atoms with Gasteiger partial charge in [0.05, 0.1) is 0 Å². The zero-order chi connectivity index (χ0) is 19.3. The Kier molecular flexibility index (Phi) is 8.17. The number of rotatable bonds is 6. The van der Waals surface area contributed by atoms with E-state index in [1.54, 1.807) is 24.3 Å². The molecule has 4 nitrogen and oxygen atoms in total. The summed E-state index contributed by atoms with van der Waals surface area (Å²) in [6, 6.07) is 17.9. The van der Waals surface area contributed by atoms with E-state index in [1.165, 1.54) is 5.56 Å². The van der Waals surface area contributed by atoms with Crippen molar-refractivity contribution in [3.8, 4) is 5.75 Å². The lowest BCUT2D eigenvalue weighted by Gasteiger charge is -2.45. The van der Waals surface area contributed by atoms with Gasteiger partial charge in [-0.15, -0.1) is 12.4 Å². The first kappa shape index (κ1) is 22.5. The maximum atomic E-state index is 12.3. The molecule has 0 heterocycles. The second-order valence-corrected chi connectivity index (χ2v) is 7.82. The molecule has 1 amide bonds. The van der Waals surface area contributed by atoms with Crippen molar-refractivity contribution in [1.29, 1.82) is 0 Å². The van der Waals surface area contributed by atoms with Gasteiger partial charge in [0.1, 0.15) is 5.75 Å². The standard InChI is InChI=1S/C22H27ClN2O2.ClH/c1-25(2)22(17-7-4-3-5-8-17)13-11-19(12-14-22)24-21(26)16-27-20-10-6-9-18(23)15-20;/h3-10,15,19H,11-14,16H2,1-2H3,(H,24,26);1H. The number of ether oxygens (including phenoxy) is 1. The van der Waals surface area contributed by atoms with Gasteiger partial charge < -0.3 is 10.1 Å². The lowest BCUT2D eigenvalue weighted by molar-refractivity contribution is -0.124. The molecule has 0 radical (unpaired) electrons. The molecule has 1 saturated carbocycles. The third-order valence-electron chi connectivity index (χ3n) is 5.51. The van der Waals surface area contributed by atoms with E-state index in [-0.39, 0.29) is 36.5 Å². The predicted molar refractivity (Wildman–Crippen MR) is 116 cm³/mol. The third-order valence-corrected chi connectivity index (χ3v) is 5.75. The number of nitrogens with zero attached hydrogens (tertiary/aromatic N) is 1. The molecule has 152 valence electrons. The second-order valence-electron chi connectivity index (χ2n) is 7.38. The van der Waals surface area contributed by atoms with Crippen LogP contribution in [0, 0.1) is 0 Å². The maximum Gasteiger partial charge on any atom is 0.258 e. The number of hydrogen-bond donors (Lipinski definition) is 1. The fourth-order valence-corrected chi connectivity index (χ4v) is 4.14. The number of carbonyl (C=O) groups excluding carboxylic acids is 1. The number of amides is 1. The Bertz CT molecular complexity index is 760. The summed E-state index contributed by atoms with van der Waals surface area (Å²) < 4.78 is 5.53. The summed E-state index contributed by atoms with van der Waals surface area (Å²) in [6.45, 7) is 0.00828. The molecule has 0 saturated heterocycles. The fourth-order valence-electron chi connectivity index (χ4n) is 3.96. The van der Waals surface area contributed by atoms with Gasteiger partial charge in [0.2, 0.25) is 0 Å². The zero-order valence-corrected chi connectivity index (χ0v) is 17.9. The van der Waals surface area contributed by atoms with Crippen LogP contribution in [0.4, 0.5) is 0 Å².